The monoisotopic (exact) mass is 382 g/mol. The maximum atomic E-state index is 13.0. The van der Waals surface area contributed by atoms with E-state index < -0.39 is 0 Å². The van der Waals surface area contributed by atoms with Crippen LogP contribution in [0.25, 0.3) is 10.6 Å². The Kier molecular flexibility index (Phi) is 4.99. The summed E-state index contributed by atoms with van der Waals surface area (Å²) < 4.78 is 11.2. The molecule has 1 saturated heterocycles. The highest BCUT2D eigenvalue weighted by Gasteiger charge is 2.33. The molecule has 0 aliphatic carbocycles. The molecule has 27 heavy (non-hydrogen) atoms. The molecular weight excluding hydrogens is 360 g/mol. The SMILES string of the molecule is CC(C)Oc1ccc(-c2nc(C(=O)N3CCC[C@@H]3c3ccco3)cs2)cc1. The lowest BCUT2D eigenvalue weighted by Crippen LogP contribution is -2.30. The molecule has 3 aromatic rings. The van der Waals surface area contributed by atoms with Crippen LogP contribution in [0.15, 0.2) is 52.5 Å². The van der Waals surface area contributed by atoms with Gasteiger partial charge in [0.25, 0.3) is 5.91 Å². The lowest BCUT2D eigenvalue weighted by atomic mass is 10.1. The van der Waals surface area contributed by atoms with E-state index in [0.29, 0.717) is 5.69 Å². The van der Waals surface area contributed by atoms with Crippen molar-refractivity contribution in [2.75, 3.05) is 6.54 Å². The summed E-state index contributed by atoms with van der Waals surface area (Å²) in [6, 6.07) is 11.6. The number of hydrogen-bond donors (Lipinski definition) is 0. The standard InChI is InChI=1S/C21H22N2O3S/c1-14(2)26-16-9-7-15(8-10-16)20-22-17(13-27-20)21(24)23-11-3-5-18(23)19-6-4-12-25-19/h4,6-10,12-14,18H,3,5,11H2,1-2H3/t18-/m1/s1. The molecule has 140 valence electrons. The van der Waals surface area contributed by atoms with Crippen LogP contribution >= 0.6 is 11.3 Å². The molecule has 1 aliphatic rings. The number of thiazole rings is 1. The summed E-state index contributed by atoms with van der Waals surface area (Å²) in [6.45, 7) is 4.74. The molecule has 0 saturated carbocycles. The number of rotatable bonds is 5. The van der Waals surface area contributed by atoms with Gasteiger partial charge in [0.15, 0.2) is 0 Å². The van der Waals surface area contributed by atoms with E-state index in [4.69, 9.17) is 9.15 Å². The number of furan rings is 1. The number of likely N-dealkylation sites (tertiary alicyclic amines) is 1. The van der Waals surface area contributed by atoms with Gasteiger partial charge in [0.05, 0.1) is 18.4 Å². The molecule has 1 aromatic carbocycles. The highest BCUT2D eigenvalue weighted by Crippen LogP contribution is 2.34. The molecule has 1 fully saturated rings. The average Bonchev–Trinajstić information content (AvgIpc) is 3.41. The number of benzene rings is 1. The van der Waals surface area contributed by atoms with Crippen LogP contribution in [0.5, 0.6) is 5.75 Å². The molecule has 0 bridgehead atoms. The van der Waals surface area contributed by atoms with E-state index in [1.807, 2.05) is 60.5 Å². The van der Waals surface area contributed by atoms with E-state index in [9.17, 15) is 4.79 Å². The molecule has 6 heteroatoms. The van der Waals surface area contributed by atoms with Crippen LogP contribution in [0.2, 0.25) is 0 Å². The van der Waals surface area contributed by atoms with Gasteiger partial charge < -0.3 is 14.1 Å². The van der Waals surface area contributed by atoms with Crippen LogP contribution in [0.3, 0.4) is 0 Å². The van der Waals surface area contributed by atoms with Crippen LogP contribution < -0.4 is 4.74 Å². The van der Waals surface area contributed by atoms with Gasteiger partial charge in [-0.3, -0.25) is 4.79 Å². The van der Waals surface area contributed by atoms with Crippen LogP contribution in [-0.4, -0.2) is 28.4 Å². The van der Waals surface area contributed by atoms with E-state index in [1.165, 1.54) is 11.3 Å². The van der Waals surface area contributed by atoms with E-state index in [1.54, 1.807) is 6.26 Å². The van der Waals surface area contributed by atoms with Gasteiger partial charge in [0.2, 0.25) is 0 Å². The predicted molar refractivity (Wildman–Crippen MR) is 105 cm³/mol. The highest BCUT2D eigenvalue weighted by atomic mass is 32.1. The number of carbonyl (C=O) groups excluding carboxylic acids is 1. The number of carbonyl (C=O) groups is 1. The van der Waals surface area contributed by atoms with Crippen molar-refractivity contribution in [1.29, 1.82) is 0 Å². The number of nitrogens with zero attached hydrogens (tertiary/aromatic N) is 2. The van der Waals surface area contributed by atoms with Crippen LogP contribution in [0.1, 0.15) is 49.0 Å². The first-order valence-corrected chi connectivity index (χ1v) is 10.1. The van der Waals surface area contributed by atoms with Crippen LogP contribution in [0.4, 0.5) is 0 Å². The fourth-order valence-corrected chi connectivity index (χ4v) is 4.19. The second-order valence-electron chi connectivity index (χ2n) is 6.90. The van der Waals surface area contributed by atoms with Crippen molar-refractivity contribution in [2.45, 2.75) is 38.8 Å². The Bertz CT molecular complexity index is 900. The minimum absolute atomic E-state index is 0.00474. The topological polar surface area (TPSA) is 55.6 Å². The largest absolute Gasteiger partial charge is 0.491 e. The smallest absolute Gasteiger partial charge is 0.273 e. The van der Waals surface area contributed by atoms with Crippen molar-refractivity contribution in [3.8, 4) is 16.3 Å². The van der Waals surface area contributed by atoms with Crippen molar-refractivity contribution >= 4 is 17.2 Å². The Morgan fingerprint density at radius 1 is 1.30 bits per heavy atom. The van der Waals surface area contributed by atoms with Gasteiger partial charge in [-0.25, -0.2) is 4.98 Å². The van der Waals surface area contributed by atoms with E-state index in [-0.39, 0.29) is 18.1 Å². The average molecular weight is 382 g/mol. The van der Waals surface area contributed by atoms with E-state index in [0.717, 1.165) is 41.5 Å². The van der Waals surface area contributed by atoms with Crippen LogP contribution in [0, 0.1) is 0 Å². The fourth-order valence-electron chi connectivity index (χ4n) is 3.39. The van der Waals surface area contributed by atoms with Crippen molar-refractivity contribution in [1.82, 2.24) is 9.88 Å². The van der Waals surface area contributed by atoms with E-state index >= 15 is 0 Å². The zero-order valence-electron chi connectivity index (χ0n) is 15.4. The third kappa shape index (κ3) is 3.76. The van der Waals surface area contributed by atoms with Gasteiger partial charge >= 0.3 is 0 Å². The van der Waals surface area contributed by atoms with Crippen molar-refractivity contribution in [3.05, 3.63) is 59.5 Å². The number of hydrogen-bond acceptors (Lipinski definition) is 5. The molecule has 3 heterocycles. The van der Waals surface area contributed by atoms with E-state index in [2.05, 4.69) is 4.98 Å². The first-order valence-electron chi connectivity index (χ1n) is 9.19. The van der Waals surface area contributed by atoms with Gasteiger partial charge in [-0.15, -0.1) is 11.3 Å². The molecule has 5 nitrogen and oxygen atoms in total. The van der Waals surface area contributed by atoms with Gasteiger partial charge in [0.1, 0.15) is 22.2 Å². The molecule has 0 N–H and O–H groups in total. The first-order chi connectivity index (χ1) is 13.1. The van der Waals surface area contributed by atoms with Crippen molar-refractivity contribution in [2.24, 2.45) is 0 Å². The third-order valence-electron chi connectivity index (χ3n) is 4.58. The summed E-state index contributed by atoms with van der Waals surface area (Å²) >= 11 is 1.49. The summed E-state index contributed by atoms with van der Waals surface area (Å²) in [6.07, 6.45) is 3.70. The number of aromatic nitrogens is 1. The number of amides is 1. The molecule has 0 unspecified atom stereocenters. The molecule has 0 radical (unpaired) electrons. The Morgan fingerprint density at radius 2 is 2.11 bits per heavy atom. The summed E-state index contributed by atoms with van der Waals surface area (Å²) in [5.41, 5.74) is 1.48. The van der Waals surface area contributed by atoms with Gasteiger partial charge in [0, 0.05) is 17.5 Å². The first kappa shape index (κ1) is 17.8. The summed E-state index contributed by atoms with van der Waals surface area (Å²) in [5.74, 6) is 1.65. The lowest BCUT2D eigenvalue weighted by Gasteiger charge is -2.22. The summed E-state index contributed by atoms with van der Waals surface area (Å²) in [4.78, 5) is 19.4. The zero-order chi connectivity index (χ0) is 18.8. The Labute approximate surface area is 162 Å². The normalized spacial score (nSPS) is 16.9. The Balaban J connectivity index is 1.51. The van der Waals surface area contributed by atoms with Gasteiger partial charge in [-0.1, -0.05) is 0 Å². The van der Waals surface area contributed by atoms with Gasteiger partial charge in [-0.05, 0) is 63.1 Å². The highest BCUT2D eigenvalue weighted by molar-refractivity contribution is 7.13. The second kappa shape index (κ2) is 7.56. The fraction of sp³-hybridized carbons (Fsp3) is 0.333. The molecule has 0 spiro atoms. The second-order valence-corrected chi connectivity index (χ2v) is 7.76. The molecular formula is C21H22N2O3S. The van der Waals surface area contributed by atoms with Gasteiger partial charge in [-0.2, -0.15) is 0 Å². The minimum Gasteiger partial charge on any atom is -0.491 e. The molecule has 1 amide bonds. The molecule has 4 rings (SSSR count). The summed E-state index contributed by atoms with van der Waals surface area (Å²) in [7, 11) is 0. The maximum Gasteiger partial charge on any atom is 0.273 e. The number of ether oxygens (including phenoxy) is 1. The Morgan fingerprint density at radius 3 is 2.81 bits per heavy atom. The maximum absolute atomic E-state index is 13.0. The Hall–Kier alpha value is -2.60. The quantitative estimate of drug-likeness (QED) is 0.611. The third-order valence-corrected chi connectivity index (χ3v) is 5.47. The minimum atomic E-state index is -0.0313. The van der Waals surface area contributed by atoms with Crippen molar-refractivity contribution in [3.63, 3.8) is 0 Å². The van der Waals surface area contributed by atoms with Crippen molar-refractivity contribution < 1.29 is 13.9 Å². The zero-order valence-corrected chi connectivity index (χ0v) is 16.2. The lowest BCUT2D eigenvalue weighted by molar-refractivity contribution is 0.0715. The molecule has 1 aliphatic heterocycles. The molecule has 2 aromatic heterocycles. The predicted octanol–water partition coefficient (Wildman–Crippen LogP) is 5.17. The summed E-state index contributed by atoms with van der Waals surface area (Å²) in [5, 5.41) is 2.68. The van der Waals surface area contributed by atoms with Crippen LogP contribution in [-0.2, 0) is 0 Å². The molecule has 1 atom stereocenters.